The molecule has 0 spiro atoms. The van der Waals surface area contributed by atoms with E-state index >= 15 is 0 Å². The van der Waals surface area contributed by atoms with Gasteiger partial charge in [-0.05, 0) is 67.1 Å². The minimum Gasteiger partial charge on any atom is -0.354 e. The Morgan fingerprint density at radius 3 is 2.30 bits per heavy atom. The number of likely N-dealkylation sites (tertiary alicyclic amines) is 1. The van der Waals surface area contributed by atoms with Gasteiger partial charge >= 0.3 is 0 Å². The normalized spacial score (nSPS) is 15.6. The van der Waals surface area contributed by atoms with Gasteiger partial charge in [-0.2, -0.15) is 0 Å². The number of halogens is 1. The molecule has 4 aromatic rings. The maximum Gasteiger partial charge on any atom is 0.0500 e. The number of benzene rings is 3. The SMILES string of the molecule is Clc1ccc2c(C3CCN(CCc4ccccc4)CC3)c(-c3ccccc3)[nH]c2c1. The molecule has 1 saturated heterocycles. The Hall–Kier alpha value is -2.55. The molecule has 1 fully saturated rings. The molecule has 0 bridgehead atoms. The fourth-order valence-corrected chi connectivity index (χ4v) is 5.00. The van der Waals surface area contributed by atoms with Crippen molar-refractivity contribution in [1.29, 1.82) is 0 Å². The number of rotatable bonds is 5. The molecule has 2 nitrogen and oxygen atoms in total. The predicted molar refractivity (Wildman–Crippen MR) is 127 cm³/mol. The first-order valence-corrected chi connectivity index (χ1v) is 11.3. The van der Waals surface area contributed by atoms with Gasteiger partial charge in [-0.3, -0.25) is 0 Å². The topological polar surface area (TPSA) is 19.0 Å². The van der Waals surface area contributed by atoms with Gasteiger partial charge in [0, 0.05) is 28.2 Å². The predicted octanol–water partition coefficient (Wildman–Crippen LogP) is 6.91. The molecular weight excluding hydrogens is 388 g/mol. The highest BCUT2D eigenvalue weighted by Gasteiger charge is 2.26. The highest BCUT2D eigenvalue weighted by atomic mass is 35.5. The first-order valence-electron chi connectivity index (χ1n) is 10.9. The summed E-state index contributed by atoms with van der Waals surface area (Å²) in [5.41, 5.74) is 6.56. The smallest absolute Gasteiger partial charge is 0.0500 e. The third-order valence-electron chi connectivity index (χ3n) is 6.42. The number of nitrogens with one attached hydrogen (secondary N) is 1. The van der Waals surface area contributed by atoms with Gasteiger partial charge in [0.05, 0.1) is 0 Å². The van der Waals surface area contributed by atoms with Crippen molar-refractivity contribution in [3.8, 4) is 11.3 Å². The summed E-state index contributed by atoms with van der Waals surface area (Å²) in [6, 6.07) is 27.8. The molecule has 1 aliphatic rings. The van der Waals surface area contributed by atoms with Crippen LogP contribution in [0.4, 0.5) is 0 Å². The molecule has 1 aromatic heterocycles. The summed E-state index contributed by atoms with van der Waals surface area (Å²) in [6.07, 6.45) is 3.53. The Labute approximate surface area is 183 Å². The fourth-order valence-electron chi connectivity index (χ4n) is 4.83. The van der Waals surface area contributed by atoms with Gasteiger partial charge in [0.15, 0.2) is 0 Å². The van der Waals surface area contributed by atoms with Crippen molar-refractivity contribution in [3.63, 3.8) is 0 Å². The van der Waals surface area contributed by atoms with E-state index in [2.05, 4.69) is 82.7 Å². The molecule has 5 rings (SSSR count). The summed E-state index contributed by atoms with van der Waals surface area (Å²) in [6.45, 7) is 3.46. The number of aromatic nitrogens is 1. The molecule has 30 heavy (non-hydrogen) atoms. The highest BCUT2D eigenvalue weighted by Crippen LogP contribution is 2.40. The number of nitrogens with zero attached hydrogens (tertiary/aromatic N) is 1. The Morgan fingerprint density at radius 1 is 0.867 bits per heavy atom. The summed E-state index contributed by atoms with van der Waals surface area (Å²) in [5.74, 6) is 0.572. The van der Waals surface area contributed by atoms with E-state index in [9.17, 15) is 0 Å². The van der Waals surface area contributed by atoms with E-state index in [0.29, 0.717) is 5.92 Å². The molecule has 152 valence electrons. The monoisotopic (exact) mass is 414 g/mol. The van der Waals surface area contributed by atoms with E-state index in [-0.39, 0.29) is 0 Å². The Kier molecular flexibility index (Phi) is 5.61. The zero-order valence-corrected chi connectivity index (χ0v) is 17.9. The van der Waals surface area contributed by atoms with E-state index in [1.165, 1.54) is 40.6 Å². The minimum absolute atomic E-state index is 0.572. The quantitative estimate of drug-likeness (QED) is 0.376. The number of piperidine rings is 1. The van der Waals surface area contributed by atoms with E-state index < -0.39 is 0 Å². The third-order valence-corrected chi connectivity index (χ3v) is 6.65. The number of hydrogen-bond acceptors (Lipinski definition) is 1. The summed E-state index contributed by atoms with van der Waals surface area (Å²) < 4.78 is 0. The van der Waals surface area contributed by atoms with Gasteiger partial charge in [0.2, 0.25) is 0 Å². The van der Waals surface area contributed by atoms with Crippen LogP contribution < -0.4 is 0 Å². The fraction of sp³-hybridized carbons (Fsp3) is 0.259. The lowest BCUT2D eigenvalue weighted by Gasteiger charge is -2.32. The van der Waals surface area contributed by atoms with Crippen LogP contribution in [0.15, 0.2) is 78.9 Å². The van der Waals surface area contributed by atoms with Crippen molar-refractivity contribution in [2.75, 3.05) is 19.6 Å². The van der Waals surface area contributed by atoms with E-state index in [4.69, 9.17) is 11.6 Å². The van der Waals surface area contributed by atoms with Crippen LogP contribution in [0.1, 0.15) is 29.9 Å². The van der Waals surface area contributed by atoms with Crippen molar-refractivity contribution in [1.82, 2.24) is 9.88 Å². The summed E-state index contributed by atoms with van der Waals surface area (Å²) >= 11 is 6.29. The van der Waals surface area contributed by atoms with Gasteiger partial charge in [0.1, 0.15) is 0 Å². The number of fused-ring (bicyclic) bond motifs is 1. The molecular formula is C27H27ClN2. The Balaban J connectivity index is 1.37. The average Bonchev–Trinajstić information content (AvgIpc) is 3.18. The molecule has 3 heteroatoms. The van der Waals surface area contributed by atoms with Crippen LogP contribution in [0.25, 0.3) is 22.2 Å². The largest absolute Gasteiger partial charge is 0.354 e. The van der Waals surface area contributed by atoms with Crippen LogP contribution in [0.5, 0.6) is 0 Å². The second-order valence-corrected chi connectivity index (χ2v) is 8.76. The van der Waals surface area contributed by atoms with Crippen LogP contribution in [0, 0.1) is 0 Å². The first kappa shape index (κ1) is 19.4. The number of hydrogen-bond donors (Lipinski definition) is 1. The minimum atomic E-state index is 0.572. The van der Waals surface area contributed by atoms with Crippen molar-refractivity contribution < 1.29 is 0 Å². The van der Waals surface area contributed by atoms with Gasteiger partial charge in [-0.1, -0.05) is 78.3 Å². The lowest BCUT2D eigenvalue weighted by Crippen LogP contribution is -2.34. The van der Waals surface area contributed by atoms with E-state index in [0.717, 1.165) is 36.6 Å². The van der Waals surface area contributed by atoms with Crippen molar-refractivity contribution in [2.24, 2.45) is 0 Å². The molecule has 0 radical (unpaired) electrons. The molecule has 1 aliphatic heterocycles. The van der Waals surface area contributed by atoms with Gasteiger partial charge in [0.25, 0.3) is 0 Å². The lowest BCUT2D eigenvalue weighted by atomic mass is 9.86. The molecule has 0 saturated carbocycles. The maximum absolute atomic E-state index is 6.29. The Bertz CT molecular complexity index is 1110. The average molecular weight is 415 g/mol. The van der Waals surface area contributed by atoms with Gasteiger partial charge < -0.3 is 9.88 Å². The van der Waals surface area contributed by atoms with Crippen LogP contribution in [-0.2, 0) is 6.42 Å². The maximum atomic E-state index is 6.29. The van der Waals surface area contributed by atoms with Crippen LogP contribution in [0.3, 0.4) is 0 Å². The van der Waals surface area contributed by atoms with Crippen LogP contribution >= 0.6 is 11.6 Å². The van der Waals surface area contributed by atoms with Gasteiger partial charge in [-0.25, -0.2) is 0 Å². The van der Waals surface area contributed by atoms with E-state index in [1.54, 1.807) is 0 Å². The molecule has 0 atom stereocenters. The number of H-pyrrole nitrogens is 1. The second kappa shape index (κ2) is 8.67. The van der Waals surface area contributed by atoms with Crippen molar-refractivity contribution in [2.45, 2.75) is 25.2 Å². The zero-order valence-electron chi connectivity index (χ0n) is 17.2. The highest BCUT2D eigenvalue weighted by molar-refractivity contribution is 6.31. The Morgan fingerprint density at radius 2 is 1.57 bits per heavy atom. The molecule has 3 aromatic carbocycles. The summed E-state index contributed by atoms with van der Waals surface area (Å²) in [4.78, 5) is 6.30. The lowest BCUT2D eigenvalue weighted by molar-refractivity contribution is 0.215. The van der Waals surface area contributed by atoms with Crippen LogP contribution in [-0.4, -0.2) is 29.5 Å². The van der Waals surface area contributed by atoms with Gasteiger partial charge in [-0.15, -0.1) is 0 Å². The summed E-state index contributed by atoms with van der Waals surface area (Å²) in [5, 5.41) is 2.10. The molecule has 0 aliphatic carbocycles. The van der Waals surface area contributed by atoms with E-state index in [1.807, 2.05) is 6.07 Å². The van der Waals surface area contributed by atoms with Crippen molar-refractivity contribution in [3.05, 3.63) is 95.0 Å². The third kappa shape index (κ3) is 4.03. The second-order valence-electron chi connectivity index (χ2n) is 8.32. The zero-order chi connectivity index (χ0) is 20.3. The first-order chi connectivity index (χ1) is 14.8. The molecule has 0 amide bonds. The molecule has 2 heterocycles. The van der Waals surface area contributed by atoms with Crippen LogP contribution in [0.2, 0.25) is 5.02 Å². The molecule has 1 N–H and O–H groups in total. The van der Waals surface area contributed by atoms with Crippen molar-refractivity contribution >= 4 is 22.5 Å². The number of aromatic amines is 1. The standard InChI is InChI=1S/C27H27ClN2/c28-23-11-12-24-25(19-23)29-27(22-9-5-2-6-10-22)26(24)21-14-17-30(18-15-21)16-13-20-7-3-1-4-8-20/h1-12,19,21,29H,13-18H2. The summed E-state index contributed by atoms with van der Waals surface area (Å²) in [7, 11) is 0. The molecule has 0 unspecified atom stereocenters.